The van der Waals surface area contributed by atoms with Gasteiger partial charge in [-0.3, -0.25) is 5.84 Å². The van der Waals surface area contributed by atoms with Gasteiger partial charge in [0.05, 0.1) is 0 Å². The first kappa shape index (κ1) is 8.83. The Morgan fingerprint density at radius 1 is 1.56 bits per heavy atom. The molecule has 6 heteroatoms. The molecule has 0 radical (unpaired) electrons. The molecule has 0 aromatic rings. The van der Waals surface area contributed by atoms with Crippen molar-refractivity contribution in [1.29, 1.82) is 0 Å². The standard InChI is InChI=1S/C3H11N3O2S/c1-2-3-5-9(7,8)6-4/h5-6H,2-4H2,1H3. The molecular weight excluding hydrogens is 142 g/mol. The molecule has 0 aliphatic heterocycles. The van der Waals surface area contributed by atoms with Crippen molar-refractivity contribution in [2.24, 2.45) is 5.84 Å². The Labute approximate surface area is 54.8 Å². The molecule has 4 N–H and O–H groups in total. The maximum absolute atomic E-state index is 10.4. The molecule has 0 bridgehead atoms. The minimum Gasteiger partial charge on any atom is -0.257 e. The lowest BCUT2D eigenvalue weighted by Crippen LogP contribution is -2.40. The van der Waals surface area contributed by atoms with E-state index >= 15 is 0 Å². The summed E-state index contributed by atoms with van der Waals surface area (Å²) in [6, 6.07) is 0. The van der Waals surface area contributed by atoms with Crippen molar-refractivity contribution in [2.75, 3.05) is 6.54 Å². The van der Waals surface area contributed by atoms with Crippen molar-refractivity contribution >= 4 is 10.2 Å². The van der Waals surface area contributed by atoms with Gasteiger partial charge in [-0.05, 0) is 6.42 Å². The lowest BCUT2D eigenvalue weighted by Gasteiger charge is -2.00. The van der Waals surface area contributed by atoms with Gasteiger partial charge in [-0.2, -0.15) is 8.42 Å². The van der Waals surface area contributed by atoms with E-state index in [0.29, 0.717) is 6.54 Å². The fraction of sp³-hybridized carbons (Fsp3) is 1.00. The highest BCUT2D eigenvalue weighted by molar-refractivity contribution is 7.87. The Morgan fingerprint density at radius 2 is 2.11 bits per heavy atom. The van der Waals surface area contributed by atoms with E-state index in [1.165, 1.54) is 0 Å². The van der Waals surface area contributed by atoms with E-state index in [-0.39, 0.29) is 0 Å². The van der Waals surface area contributed by atoms with Gasteiger partial charge >= 0.3 is 0 Å². The van der Waals surface area contributed by atoms with Crippen LogP contribution in [0.5, 0.6) is 0 Å². The van der Waals surface area contributed by atoms with Crippen LogP contribution in [0.1, 0.15) is 13.3 Å². The van der Waals surface area contributed by atoms with E-state index < -0.39 is 10.2 Å². The second-order valence-corrected chi connectivity index (χ2v) is 3.05. The third-order valence-corrected chi connectivity index (χ3v) is 1.59. The number of nitrogens with one attached hydrogen (secondary N) is 2. The molecule has 0 atom stereocenters. The molecule has 0 spiro atoms. The van der Waals surface area contributed by atoms with Gasteiger partial charge in [0.2, 0.25) is 0 Å². The summed E-state index contributed by atoms with van der Waals surface area (Å²) >= 11 is 0. The van der Waals surface area contributed by atoms with Crippen LogP contribution in [-0.4, -0.2) is 15.0 Å². The van der Waals surface area contributed by atoms with E-state index in [0.717, 1.165) is 6.42 Å². The molecule has 0 aliphatic rings. The zero-order valence-corrected chi connectivity index (χ0v) is 6.03. The smallest absolute Gasteiger partial charge is 0.257 e. The summed E-state index contributed by atoms with van der Waals surface area (Å²) < 4.78 is 23.0. The number of hydrogen-bond donors (Lipinski definition) is 3. The summed E-state index contributed by atoms with van der Waals surface area (Å²) in [4.78, 5) is 1.64. The van der Waals surface area contributed by atoms with E-state index in [2.05, 4.69) is 10.6 Å². The molecule has 9 heavy (non-hydrogen) atoms. The summed E-state index contributed by atoms with van der Waals surface area (Å²) in [7, 11) is -3.40. The van der Waals surface area contributed by atoms with Gasteiger partial charge in [-0.25, -0.2) is 4.72 Å². The summed E-state index contributed by atoms with van der Waals surface area (Å²) in [5, 5.41) is 0. The fourth-order valence-corrected chi connectivity index (χ4v) is 0.834. The summed E-state index contributed by atoms with van der Waals surface area (Å²) in [6.07, 6.45) is 0.751. The largest absolute Gasteiger partial charge is 0.289 e. The molecular formula is C3H11N3O2S. The maximum Gasteiger partial charge on any atom is 0.289 e. The van der Waals surface area contributed by atoms with Crippen molar-refractivity contribution in [2.45, 2.75) is 13.3 Å². The van der Waals surface area contributed by atoms with Crippen molar-refractivity contribution in [3.63, 3.8) is 0 Å². The van der Waals surface area contributed by atoms with Crippen LogP contribution in [0.4, 0.5) is 0 Å². The molecule has 0 aliphatic carbocycles. The second kappa shape index (κ2) is 3.78. The predicted molar refractivity (Wildman–Crippen MR) is 34.5 cm³/mol. The summed E-state index contributed by atoms with van der Waals surface area (Å²) in [6.45, 7) is 2.27. The van der Waals surface area contributed by atoms with Crippen LogP contribution in [0.3, 0.4) is 0 Å². The van der Waals surface area contributed by atoms with Crippen molar-refractivity contribution in [1.82, 2.24) is 9.55 Å². The fourth-order valence-electron chi connectivity index (χ4n) is 0.278. The molecule has 0 saturated carbocycles. The first-order valence-corrected chi connectivity index (χ1v) is 4.07. The highest BCUT2D eigenvalue weighted by atomic mass is 32.2. The minimum atomic E-state index is -3.40. The first-order valence-electron chi connectivity index (χ1n) is 2.59. The summed E-state index contributed by atoms with van der Waals surface area (Å²) in [5.74, 6) is 4.65. The molecule has 0 saturated heterocycles. The second-order valence-electron chi connectivity index (χ2n) is 1.52. The van der Waals surface area contributed by atoms with Gasteiger partial charge < -0.3 is 0 Å². The molecule has 0 unspecified atom stereocenters. The van der Waals surface area contributed by atoms with Gasteiger partial charge in [0.1, 0.15) is 0 Å². The topological polar surface area (TPSA) is 84.2 Å². The molecule has 0 aromatic carbocycles. The summed E-state index contributed by atoms with van der Waals surface area (Å²) in [5.41, 5.74) is 0. The van der Waals surface area contributed by atoms with E-state index in [9.17, 15) is 8.42 Å². The number of hydrazine groups is 1. The van der Waals surface area contributed by atoms with Gasteiger partial charge in [-0.1, -0.05) is 6.92 Å². The lowest BCUT2D eigenvalue weighted by atomic mass is 10.5. The average molecular weight is 153 g/mol. The lowest BCUT2D eigenvalue weighted by molar-refractivity contribution is 0.568. The zero-order chi connectivity index (χ0) is 7.33. The highest BCUT2D eigenvalue weighted by Gasteiger charge is 2.01. The number of rotatable bonds is 4. The molecule has 0 heterocycles. The van der Waals surface area contributed by atoms with Gasteiger partial charge in [0.15, 0.2) is 0 Å². The predicted octanol–water partition coefficient (Wildman–Crippen LogP) is -1.31. The third-order valence-electron chi connectivity index (χ3n) is 0.697. The molecule has 5 nitrogen and oxygen atoms in total. The first-order chi connectivity index (χ1) is 4.12. The van der Waals surface area contributed by atoms with E-state index in [4.69, 9.17) is 0 Å². The van der Waals surface area contributed by atoms with Crippen LogP contribution < -0.4 is 15.4 Å². The van der Waals surface area contributed by atoms with Crippen molar-refractivity contribution in [3.05, 3.63) is 0 Å². The van der Waals surface area contributed by atoms with Crippen molar-refractivity contribution < 1.29 is 8.42 Å². The number of hydrogen-bond acceptors (Lipinski definition) is 3. The Bertz CT molecular complexity index is 152. The Kier molecular flexibility index (Phi) is 3.71. The normalized spacial score (nSPS) is 11.8. The quantitative estimate of drug-likeness (QED) is 0.346. The van der Waals surface area contributed by atoms with Gasteiger partial charge in [0, 0.05) is 6.54 Å². The Balaban J connectivity index is 3.61. The molecule has 0 aromatic heterocycles. The monoisotopic (exact) mass is 153 g/mol. The van der Waals surface area contributed by atoms with E-state index in [1.807, 2.05) is 6.92 Å². The van der Waals surface area contributed by atoms with Crippen LogP contribution >= 0.6 is 0 Å². The Hall–Kier alpha value is -0.170. The van der Waals surface area contributed by atoms with Gasteiger partial charge in [-0.15, -0.1) is 4.83 Å². The van der Waals surface area contributed by atoms with Gasteiger partial charge in [0.25, 0.3) is 10.2 Å². The molecule has 56 valence electrons. The molecule has 0 amide bonds. The number of nitrogens with two attached hydrogens (primary N) is 1. The average Bonchev–Trinajstić information content (AvgIpc) is 1.84. The molecule has 0 rings (SSSR count). The third kappa shape index (κ3) is 4.34. The van der Waals surface area contributed by atoms with Crippen LogP contribution in [0.25, 0.3) is 0 Å². The van der Waals surface area contributed by atoms with Crippen LogP contribution in [0.2, 0.25) is 0 Å². The maximum atomic E-state index is 10.4. The van der Waals surface area contributed by atoms with Crippen LogP contribution in [0.15, 0.2) is 0 Å². The van der Waals surface area contributed by atoms with Crippen molar-refractivity contribution in [3.8, 4) is 0 Å². The highest BCUT2D eigenvalue weighted by Crippen LogP contribution is 1.73. The van der Waals surface area contributed by atoms with Crippen LogP contribution in [0, 0.1) is 0 Å². The van der Waals surface area contributed by atoms with E-state index in [1.54, 1.807) is 4.83 Å². The SMILES string of the molecule is CCCNS(=O)(=O)NN. The Morgan fingerprint density at radius 3 is 2.44 bits per heavy atom. The molecule has 0 fully saturated rings. The minimum absolute atomic E-state index is 0.409. The zero-order valence-electron chi connectivity index (χ0n) is 5.22. The van der Waals surface area contributed by atoms with Crippen LogP contribution in [-0.2, 0) is 10.2 Å².